The van der Waals surface area contributed by atoms with Gasteiger partial charge in [-0.1, -0.05) is 37.8 Å². The van der Waals surface area contributed by atoms with Gasteiger partial charge in [0.15, 0.2) is 0 Å². The molecule has 5 nitrogen and oxygen atoms in total. The number of aromatic nitrogens is 2. The summed E-state index contributed by atoms with van der Waals surface area (Å²) in [6.07, 6.45) is 6.91. The van der Waals surface area contributed by atoms with E-state index in [2.05, 4.69) is 22.4 Å². The molecule has 0 bridgehead atoms. The summed E-state index contributed by atoms with van der Waals surface area (Å²) in [6, 6.07) is 0. The number of ether oxygens (including phenoxy) is 1. The molecule has 0 aliphatic heterocycles. The van der Waals surface area contributed by atoms with Crippen molar-refractivity contribution in [2.45, 2.75) is 64.5 Å². The van der Waals surface area contributed by atoms with E-state index in [0.717, 1.165) is 25.2 Å². The predicted octanol–water partition coefficient (Wildman–Crippen LogP) is 2.77. The number of nitrogens with zero attached hydrogens (tertiary/aromatic N) is 2. The molecular weight excluding hydrogens is 242 g/mol. The van der Waals surface area contributed by atoms with Crippen molar-refractivity contribution in [3.05, 3.63) is 11.7 Å². The smallest absolute Gasteiger partial charge is 0.240 e. The SMILES string of the molecule is CCNCc1nc(C2(OCC)CCCCCC2)no1. The maximum atomic E-state index is 6.05. The summed E-state index contributed by atoms with van der Waals surface area (Å²) in [4.78, 5) is 4.54. The lowest BCUT2D eigenvalue weighted by Crippen LogP contribution is -2.31. The van der Waals surface area contributed by atoms with E-state index in [0.29, 0.717) is 19.0 Å². The zero-order valence-electron chi connectivity index (χ0n) is 12.1. The van der Waals surface area contributed by atoms with Crippen LogP contribution in [0.2, 0.25) is 0 Å². The molecule has 0 radical (unpaired) electrons. The zero-order chi connectivity index (χ0) is 13.6. The topological polar surface area (TPSA) is 60.2 Å². The monoisotopic (exact) mass is 267 g/mol. The zero-order valence-corrected chi connectivity index (χ0v) is 12.1. The van der Waals surface area contributed by atoms with E-state index in [1.54, 1.807) is 0 Å². The highest BCUT2D eigenvalue weighted by atomic mass is 16.5. The van der Waals surface area contributed by atoms with Crippen molar-refractivity contribution < 1.29 is 9.26 Å². The number of hydrogen-bond donors (Lipinski definition) is 1. The molecule has 1 N–H and O–H groups in total. The van der Waals surface area contributed by atoms with Crippen LogP contribution >= 0.6 is 0 Å². The van der Waals surface area contributed by atoms with Crippen molar-refractivity contribution in [3.8, 4) is 0 Å². The molecule has 1 saturated carbocycles. The first-order valence-corrected chi connectivity index (χ1v) is 7.48. The van der Waals surface area contributed by atoms with Gasteiger partial charge in [0.25, 0.3) is 0 Å². The van der Waals surface area contributed by atoms with Crippen molar-refractivity contribution in [1.29, 1.82) is 0 Å². The predicted molar refractivity (Wildman–Crippen MR) is 72.7 cm³/mol. The third-order valence-electron chi connectivity index (χ3n) is 3.73. The van der Waals surface area contributed by atoms with Gasteiger partial charge in [-0.15, -0.1) is 0 Å². The second-order valence-corrected chi connectivity index (χ2v) is 5.13. The Bertz CT molecular complexity index is 371. The van der Waals surface area contributed by atoms with E-state index >= 15 is 0 Å². The lowest BCUT2D eigenvalue weighted by Gasteiger charge is -2.29. The van der Waals surface area contributed by atoms with Gasteiger partial charge in [-0.3, -0.25) is 0 Å². The highest BCUT2D eigenvalue weighted by molar-refractivity contribution is 5.02. The van der Waals surface area contributed by atoms with Gasteiger partial charge in [0.1, 0.15) is 5.60 Å². The molecular formula is C14H25N3O2. The molecule has 1 aromatic heterocycles. The van der Waals surface area contributed by atoms with Crippen LogP contribution < -0.4 is 5.32 Å². The van der Waals surface area contributed by atoms with Crippen molar-refractivity contribution in [1.82, 2.24) is 15.5 Å². The summed E-state index contributed by atoms with van der Waals surface area (Å²) in [5, 5.41) is 7.37. The largest absolute Gasteiger partial charge is 0.367 e. The Morgan fingerprint density at radius 1 is 1.21 bits per heavy atom. The average molecular weight is 267 g/mol. The molecule has 1 aromatic rings. The molecule has 1 aliphatic rings. The second-order valence-electron chi connectivity index (χ2n) is 5.13. The van der Waals surface area contributed by atoms with Gasteiger partial charge < -0.3 is 14.6 Å². The van der Waals surface area contributed by atoms with Crippen LogP contribution in [0.3, 0.4) is 0 Å². The molecule has 0 atom stereocenters. The fraction of sp³-hybridized carbons (Fsp3) is 0.857. The van der Waals surface area contributed by atoms with E-state index in [9.17, 15) is 0 Å². The molecule has 0 amide bonds. The van der Waals surface area contributed by atoms with Gasteiger partial charge in [-0.05, 0) is 26.3 Å². The minimum absolute atomic E-state index is 0.320. The van der Waals surface area contributed by atoms with Crippen molar-refractivity contribution in [3.63, 3.8) is 0 Å². The summed E-state index contributed by atoms with van der Waals surface area (Å²) in [7, 11) is 0. The maximum absolute atomic E-state index is 6.05. The minimum atomic E-state index is -0.320. The third kappa shape index (κ3) is 3.54. The summed E-state index contributed by atoms with van der Waals surface area (Å²) >= 11 is 0. The van der Waals surface area contributed by atoms with E-state index in [1.807, 2.05) is 6.92 Å². The van der Waals surface area contributed by atoms with Crippen LogP contribution in [0.5, 0.6) is 0 Å². The molecule has 0 unspecified atom stereocenters. The van der Waals surface area contributed by atoms with E-state index in [-0.39, 0.29) is 5.60 Å². The first-order chi connectivity index (χ1) is 9.30. The summed E-state index contributed by atoms with van der Waals surface area (Å²) < 4.78 is 11.4. The van der Waals surface area contributed by atoms with Crippen molar-refractivity contribution in [2.24, 2.45) is 0 Å². The van der Waals surface area contributed by atoms with Crippen LogP contribution in [0.25, 0.3) is 0 Å². The Kier molecular flexibility index (Phi) is 5.34. The van der Waals surface area contributed by atoms with Crippen LogP contribution in [0, 0.1) is 0 Å². The third-order valence-corrected chi connectivity index (χ3v) is 3.73. The Hall–Kier alpha value is -0.940. The second kappa shape index (κ2) is 7.01. The Morgan fingerprint density at radius 2 is 1.95 bits per heavy atom. The summed E-state index contributed by atoms with van der Waals surface area (Å²) in [5.41, 5.74) is -0.320. The number of rotatable bonds is 6. The Morgan fingerprint density at radius 3 is 2.58 bits per heavy atom. The quantitative estimate of drug-likeness (QED) is 0.803. The molecule has 19 heavy (non-hydrogen) atoms. The fourth-order valence-electron chi connectivity index (χ4n) is 2.75. The summed E-state index contributed by atoms with van der Waals surface area (Å²) in [5.74, 6) is 1.39. The van der Waals surface area contributed by atoms with Crippen LogP contribution in [0.4, 0.5) is 0 Å². The van der Waals surface area contributed by atoms with Crippen LogP contribution in [-0.4, -0.2) is 23.3 Å². The first-order valence-electron chi connectivity index (χ1n) is 7.48. The first kappa shape index (κ1) is 14.5. The molecule has 1 aliphatic carbocycles. The van der Waals surface area contributed by atoms with E-state index < -0.39 is 0 Å². The molecule has 0 saturated heterocycles. The minimum Gasteiger partial charge on any atom is -0.367 e. The van der Waals surface area contributed by atoms with Gasteiger partial charge in [0.05, 0.1) is 6.54 Å². The fourth-order valence-corrected chi connectivity index (χ4v) is 2.75. The molecule has 0 spiro atoms. The van der Waals surface area contributed by atoms with Crippen LogP contribution in [0.15, 0.2) is 4.52 Å². The molecule has 5 heteroatoms. The number of nitrogens with one attached hydrogen (secondary N) is 1. The molecule has 1 fully saturated rings. The van der Waals surface area contributed by atoms with Crippen molar-refractivity contribution in [2.75, 3.05) is 13.2 Å². The number of hydrogen-bond acceptors (Lipinski definition) is 5. The highest BCUT2D eigenvalue weighted by Crippen LogP contribution is 2.37. The standard InChI is InChI=1S/C14H25N3O2/c1-3-15-11-12-16-13(17-19-12)14(18-4-2)9-7-5-6-8-10-14/h15H,3-11H2,1-2H3. The van der Waals surface area contributed by atoms with Gasteiger partial charge in [0.2, 0.25) is 11.7 Å². The Balaban J connectivity index is 2.14. The van der Waals surface area contributed by atoms with Crippen LogP contribution in [-0.2, 0) is 16.9 Å². The molecule has 2 rings (SSSR count). The van der Waals surface area contributed by atoms with Gasteiger partial charge >= 0.3 is 0 Å². The average Bonchev–Trinajstić information content (AvgIpc) is 2.77. The van der Waals surface area contributed by atoms with Gasteiger partial charge in [-0.25, -0.2) is 0 Å². The highest BCUT2D eigenvalue weighted by Gasteiger charge is 2.38. The lowest BCUT2D eigenvalue weighted by atomic mass is 9.93. The normalized spacial score (nSPS) is 19.3. The van der Waals surface area contributed by atoms with E-state index in [1.165, 1.54) is 25.7 Å². The van der Waals surface area contributed by atoms with Crippen LogP contribution in [0.1, 0.15) is 64.1 Å². The molecule has 108 valence electrons. The maximum Gasteiger partial charge on any atom is 0.240 e. The van der Waals surface area contributed by atoms with E-state index in [4.69, 9.17) is 9.26 Å². The van der Waals surface area contributed by atoms with Gasteiger partial charge in [0, 0.05) is 6.61 Å². The summed E-state index contributed by atoms with van der Waals surface area (Å²) in [6.45, 7) is 6.31. The molecule has 1 heterocycles. The molecule has 0 aromatic carbocycles. The van der Waals surface area contributed by atoms with Crippen molar-refractivity contribution >= 4 is 0 Å². The Labute approximate surface area is 115 Å². The lowest BCUT2D eigenvalue weighted by molar-refractivity contribution is -0.0636. The van der Waals surface area contributed by atoms with Gasteiger partial charge in [-0.2, -0.15) is 4.98 Å².